The van der Waals surface area contributed by atoms with E-state index in [2.05, 4.69) is 4.98 Å². The zero-order valence-corrected chi connectivity index (χ0v) is 17.9. The van der Waals surface area contributed by atoms with Crippen LogP contribution < -0.4 is 0 Å². The van der Waals surface area contributed by atoms with Gasteiger partial charge in [0.1, 0.15) is 11.8 Å². The number of benzene rings is 1. The largest absolute Gasteiger partial charge is 0.507 e. The molecule has 0 radical (unpaired) electrons. The average molecular weight is 399 g/mol. The normalized spacial score (nSPS) is 13.2. The number of aromatic nitrogens is 1. The van der Waals surface area contributed by atoms with Gasteiger partial charge in [-0.1, -0.05) is 47.6 Å². The van der Waals surface area contributed by atoms with Crippen molar-refractivity contribution < 1.29 is 13.5 Å². The molecule has 1 heterocycles. The van der Waals surface area contributed by atoms with E-state index >= 15 is 0 Å². The summed E-state index contributed by atoms with van der Waals surface area (Å²) in [6.07, 6.45) is 2.71. The summed E-state index contributed by atoms with van der Waals surface area (Å²) in [6, 6.07) is 9.79. The lowest BCUT2D eigenvalue weighted by atomic mass is 9.78. The zero-order chi connectivity index (χ0) is 21.3. The lowest BCUT2D eigenvalue weighted by Crippen LogP contribution is -2.17. The van der Waals surface area contributed by atoms with E-state index in [1.165, 1.54) is 18.3 Å². The number of rotatable bonds is 3. The Morgan fingerprint density at radius 2 is 1.61 bits per heavy atom. The Morgan fingerprint density at radius 1 is 1.07 bits per heavy atom. The summed E-state index contributed by atoms with van der Waals surface area (Å²) >= 11 is 0. The molecule has 0 fully saturated rings. The van der Waals surface area contributed by atoms with Gasteiger partial charge in [0.05, 0.1) is 0 Å². The molecule has 1 aromatic carbocycles. The van der Waals surface area contributed by atoms with Crippen LogP contribution in [0.15, 0.2) is 46.5 Å². The monoisotopic (exact) mass is 398 g/mol. The predicted octanol–water partition coefficient (Wildman–Crippen LogP) is 4.72. The Morgan fingerprint density at radius 3 is 2.00 bits per heavy atom. The molecule has 0 spiro atoms. The van der Waals surface area contributed by atoms with Crippen LogP contribution in [0, 0.1) is 11.3 Å². The second kappa shape index (κ2) is 7.40. The number of phenols is 1. The Labute approximate surface area is 167 Å². The van der Waals surface area contributed by atoms with Gasteiger partial charge in [0.2, 0.25) is 9.84 Å². The summed E-state index contributed by atoms with van der Waals surface area (Å²) in [6.45, 7) is 11.8. The molecule has 0 unspecified atom stereocenters. The maximum atomic E-state index is 12.8. The zero-order valence-electron chi connectivity index (χ0n) is 17.1. The highest BCUT2D eigenvalue weighted by atomic mass is 32.2. The van der Waals surface area contributed by atoms with Gasteiger partial charge >= 0.3 is 0 Å². The van der Waals surface area contributed by atoms with Crippen LogP contribution in [0.4, 0.5) is 0 Å². The van der Waals surface area contributed by atoms with Gasteiger partial charge in [-0.3, -0.25) is 0 Å². The molecule has 1 N–H and O–H groups in total. The number of hydrogen-bond acceptors (Lipinski definition) is 5. The summed E-state index contributed by atoms with van der Waals surface area (Å²) in [5.74, 6) is 0.197. The Bertz CT molecular complexity index is 1010. The molecular formula is C22H26N2O3S. The molecule has 0 atom stereocenters. The van der Waals surface area contributed by atoms with Crippen molar-refractivity contribution in [2.75, 3.05) is 0 Å². The van der Waals surface area contributed by atoms with Crippen molar-refractivity contribution in [2.45, 2.75) is 57.4 Å². The van der Waals surface area contributed by atoms with Gasteiger partial charge in [-0.05, 0) is 46.7 Å². The number of hydrogen-bond donors (Lipinski definition) is 1. The molecule has 28 heavy (non-hydrogen) atoms. The Balaban J connectivity index is 2.75. The van der Waals surface area contributed by atoms with Crippen LogP contribution in [-0.4, -0.2) is 18.5 Å². The topological polar surface area (TPSA) is 91.0 Å². The van der Waals surface area contributed by atoms with E-state index < -0.39 is 14.7 Å². The standard InChI is InChI=1S/C22H26N2O3S/c1-21(2,3)17-12-15(13-18(20(17)25)22(4,5)6)11-16(14-23)28(26,27)19-9-7-8-10-24-19/h7-13,25H,1-6H3. The number of phenolic OH excluding ortho intramolecular Hbond substituents is 1. The van der Waals surface area contributed by atoms with Crippen LogP contribution in [0.2, 0.25) is 0 Å². The van der Waals surface area contributed by atoms with E-state index in [0.29, 0.717) is 16.7 Å². The fraction of sp³-hybridized carbons (Fsp3) is 0.364. The van der Waals surface area contributed by atoms with Gasteiger partial charge in [-0.15, -0.1) is 0 Å². The van der Waals surface area contributed by atoms with Gasteiger partial charge in [0.15, 0.2) is 9.93 Å². The number of pyridine rings is 1. The maximum Gasteiger partial charge on any atom is 0.233 e. The third kappa shape index (κ3) is 4.42. The Hall–Kier alpha value is -2.65. The molecule has 5 nitrogen and oxygen atoms in total. The molecule has 0 bridgehead atoms. The summed E-state index contributed by atoms with van der Waals surface area (Å²) < 4.78 is 25.6. The quantitative estimate of drug-likeness (QED) is 0.755. The summed E-state index contributed by atoms with van der Waals surface area (Å²) in [7, 11) is -4.03. The number of allylic oxidation sites excluding steroid dienone is 1. The third-order valence-electron chi connectivity index (χ3n) is 4.36. The summed E-state index contributed by atoms with van der Waals surface area (Å²) in [5, 5.41) is 20.1. The fourth-order valence-electron chi connectivity index (χ4n) is 2.82. The minimum absolute atomic E-state index is 0.173. The molecule has 0 saturated carbocycles. The van der Waals surface area contributed by atoms with E-state index in [9.17, 15) is 18.8 Å². The van der Waals surface area contributed by atoms with Crippen molar-refractivity contribution >= 4 is 15.9 Å². The molecule has 0 aliphatic carbocycles. The highest BCUT2D eigenvalue weighted by Crippen LogP contribution is 2.40. The van der Waals surface area contributed by atoms with E-state index in [1.54, 1.807) is 30.3 Å². The van der Waals surface area contributed by atoms with Gasteiger partial charge in [0.25, 0.3) is 0 Å². The van der Waals surface area contributed by atoms with Crippen LogP contribution >= 0.6 is 0 Å². The first-order valence-corrected chi connectivity index (χ1v) is 10.4. The molecule has 0 aliphatic heterocycles. The molecular weight excluding hydrogens is 372 g/mol. The number of nitrogens with zero attached hydrogens (tertiary/aromatic N) is 2. The molecule has 2 rings (SSSR count). The van der Waals surface area contributed by atoms with Crippen molar-refractivity contribution in [1.29, 1.82) is 5.26 Å². The van der Waals surface area contributed by atoms with E-state index in [1.807, 2.05) is 41.5 Å². The van der Waals surface area contributed by atoms with E-state index in [0.717, 1.165) is 0 Å². The second-order valence-electron chi connectivity index (χ2n) is 8.76. The average Bonchev–Trinajstić information content (AvgIpc) is 2.59. The maximum absolute atomic E-state index is 12.8. The summed E-state index contributed by atoms with van der Waals surface area (Å²) in [4.78, 5) is 3.48. The van der Waals surface area contributed by atoms with Crippen molar-refractivity contribution in [3.8, 4) is 11.8 Å². The molecule has 148 valence electrons. The smallest absolute Gasteiger partial charge is 0.233 e. The van der Waals surface area contributed by atoms with Crippen LogP contribution in [0.5, 0.6) is 5.75 Å². The number of sulfone groups is 1. The first-order chi connectivity index (χ1) is 12.8. The van der Waals surface area contributed by atoms with Crippen LogP contribution in [0.25, 0.3) is 6.08 Å². The van der Waals surface area contributed by atoms with Crippen LogP contribution in [0.3, 0.4) is 0 Å². The fourth-order valence-corrected chi connectivity index (χ4v) is 3.92. The van der Waals surface area contributed by atoms with Crippen LogP contribution in [0.1, 0.15) is 58.2 Å². The van der Waals surface area contributed by atoms with Gasteiger partial charge in [-0.25, -0.2) is 13.4 Å². The van der Waals surface area contributed by atoms with E-state index in [4.69, 9.17) is 0 Å². The molecule has 2 aromatic rings. The van der Waals surface area contributed by atoms with Crippen LogP contribution in [-0.2, 0) is 20.7 Å². The minimum Gasteiger partial charge on any atom is -0.507 e. The highest BCUT2D eigenvalue weighted by Gasteiger charge is 2.27. The van der Waals surface area contributed by atoms with Crippen molar-refractivity contribution in [1.82, 2.24) is 4.98 Å². The molecule has 0 saturated heterocycles. The molecule has 1 aromatic heterocycles. The molecule has 0 aliphatic rings. The SMILES string of the molecule is CC(C)(C)c1cc(C=C(C#N)S(=O)(=O)c2ccccn2)cc(C(C)(C)C)c1O. The lowest BCUT2D eigenvalue weighted by Gasteiger charge is -2.28. The van der Waals surface area contributed by atoms with Gasteiger partial charge in [-0.2, -0.15) is 5.26 Å². The summed E-state index contributed by atoms with van der Waals surface area (Å²) in [5.41, 5.74) is 1.21. The highest BCUT2D eigenvalue weighted by molar-refractivity contribution is 7.95. The van der Waals surface area contributed by atoms with Crippen molar-refractivity contribution in [3.05, 3.63) is 58.1 Å². The Kier molecular flexibility index (Phi) is 5.72. The van der Waals surface area contributed by atoms with Gasteiger partial charge in [0, 0.05) is 17.3 Å². The van der Waals surface area contributed by atoms with E-state index in [-0.39, 0.29) is 21.6 Å². The first kappa shape index (κ1) is 21.6. The number of aromatic hydroxyl groups is 1. The van der Waals surface area contributed by atoms with Crippen molar-refractivity contribution in [2.24, 2.45) is 0 Å². The minimum atomic E-state index is -4.03. The molecule has 6 heteroatoms. The lowest BCUT2D eigenvalue weighted by molar-refractivity contribution is 0.423. The third-order valence-corrected chi connectivity index (χ3v) is 5.94. The first-order valence-electron chi connectivity index (χ1n) is 8.94. The van der Waals surface area contributed by atoms with Gasteiger partial charge < -0.3 is 5.11 Å². The number of nitriles is 1. The second-order valence-corrected chi connectivity index (χ2v) is 10.6. The predicted molar refractivity (Wildman–Crippen MR) is 111 cm³/mol. The van der Waals surface area contributed by atoms with Crippen molar-refractivity contribution in [3.63, 3.8) is 0 Å². The molecule has 0 amide bonds.